The third-order valence-electron chi connectivity index (χ3n) is 4.04. The molecule has 2 aromatic rings. The number of carboxylic acid groups (broad SMARTS) is 1. The van der Waals surface area contributed by atoms with Crippen molar-refractivity contribution in [3.05, 3.63) is 59.7 Å². The molecule has 0 fully saturated rings. The number of nitrogens with zero attached hydrogens (tertiary/aromatic N) is 1. The average Bonchev–Trinajstić information content (AvgIpc) is 2.64. The third-order valence-corrected chi connectivity index (χ3v) is 4.04. The maximum absolute atomic E-state index is 12.4. The van der Waals surface area contributed by atoms with Crippen LogP contribution in [-0.2, 0) is 16.1 Å². The Morgan fingerprint density at radius 1 is 1.19 bits per heavy atom. The van der Waals surface area contributed by atoms with Gasteiger partial charge in [0.05, 0.1) is 11.3 Å². The zero-order chi connectivity index (χ0) is 18.7. The van der Waals surface area contributed by atoms with Gasteiger partial charge >= 0.3 is 5.97 Å². The second-order valence-electron chi connectivity index (χ2n) is 5.93. The number of carbonyl (C=O) groups is 3. The SMILES string of the molecule is C[C@@H]1Oc2ccccc2N(CC(=O)NCc2cccc(C(=O)O)c2)C1=O. The van der Waals surface area contributed by atoms with E-state index in [1.807, 2.05) is 0 Å². The molecule has 0 unspecified atom stereocenters. The van der Waals surface area contributed by atoms with Crippen LogP contribution < -0.4 is 15.0 Å². The fourth-order valence-corrected chi connectivity index (χ4v) is 2.74. The summed E-state index contributed by atoms with van der Waals surface area (Å²) in [6, 6.07) is 13.4. The van der Waals surface area contributed by atoms with Crippen molar-refractivity contribution in [2.45, 2.75) is 19.6 Å². The molecule has 1 atom stereocenters. The first kappa shape index (κ1) is 17.5. The van der Waals surface area contributed by atoms with Crippen molar-refractivity contribution < 1.29 is 24.2 Å². The van der Waals surface area contributed by atoms with E-state index in [1.165, 1.54) is 17.0 Å². The van der Waals surface area contributed by atoms with Gasteiger partial charge < -0.3 is 15.2 Å². The van der Waals surface area contributed by atoms with E-state index in [-0.39, 0.29) is 30.5 Å². The van der Waals surface area contributed by atoms with Crippen molar-refractivity contribution in [2.75, 3.05) is 11.4 Å². The van der Waals surface area contributed by atoms with Gasteiger partial charge in [-0.1, -0.05) is 24.3 Å². The van der Waals surface area contributed by atoms with E-state index in [4.69, 9.17) is 9.84 Å². The van der Waals surface area contributed by atoms with Crippen LogP contribution in [0.2, 0.25) is 0 Å². The predicted octanol–water partition coefficient (Wildman–Crippen LogP) is 1.82. The minimum Gasteiger partial charge on any atom is -0.479 e. The molecule has 0 spiro atoms. The Morgan fingerprint density at radius 2 is 1.96 bits per heavy atom. The molecule has 0 aliphatic carbocycles. The predicted molar refractivity (Wildman–Crippen MR) is 94.1 cm³/mol. The molecule has 134 valence electrons. The largest absolute Gasteiger partial charge is 0.479 e. The van der Waals surface area contributed by atoms with Crippen molar-refractivity contribution in [2.24, 2.45) is 0 Å². The molecule has 7 nitrogen and oxygen atoms in total. The maximum Gasteiger partial charge on any atom is 0.335 e. The van der Waals surface area contributed by atoms with E-state index in [1.54, 1.807) is 43.3 Å². The second kappa shape index (κ2) is 7.26. The highest BCUT2D eigenvalue weighted by atomic mass is 16.5. The molecule has 1 aliphatic rings. The summed E-state index contributed by atoms with van der Waals surface area (Å²) in [6.07, 6.45) is -0.662. The van der Waals surface area contributed by atoms with E-state index < -0.39 is 12.1 Å². The molecule has 7 heteroatoms. The average molecular weight is 354 g/mol. The number of benzene rings is 2. The summed E-state index contributed by atoms with van der Waals surface area (Å²) in [6.45, 7) is 1.68. The number of carboxylic acids is 1. The van der Waals surface area contributed by atoms with Crippen LogP contribution in [0.25, 0.3) is 0 Å². The number of hydrogen-bond acceptors (Lipinski definition) is 4. The van der Waals surface area contributed by atoms with E-state index in [0.29, 0.717) is 17.0 Å². The van der Waals surface area contributed by atoms with E-state index in [0.717, 1.165) is 0 Å². The number of amides is 2. The normalized spacial score (nSPS) is 15.8. The highest BCUT2D eigenvalue weighted by Crippen LogP contribution is 2.33. The zero-order valence-corrected chi connectivity index (χ0v) is 14.1. The van der Waals surface area contributed by atoms with Gasteiger partial charge in [-0.25, -0.2) is 4.79 Å². The molecule has 2 aromatic carbocycles. The number of fused-ring (bicyclic) bond motifs is 1. The summed E-state index contributed by atoms with van der Waals surface area (Å²) >= 11 is 0. The number of hydrogen-bond donors (Lipinski definition) is 2. The summed E-state index contributed by atoms with van der Waals surface area (Å²) in [4.78, 5) is 37.1. The smallest absolute Gasteiger partial charge is 0.335 e. The van der Waals surface area contributed by atoms with Crippen LogP contribution in [0.15, 0.2) is 48.5 Å². The van der Waals surface area contributed by atoms with Crippen LogP contribution in [0.3, 0.4) is 0 Å². The fourth-order valence-electron chi connectivity index (χ4n) is 2.74. The number of ether oxygens (including phenoxy) is 1. The van der Waals surface area contributed by atoms with E-state index in [9.17, 15) is 14.4 Å². The molecule has 3 rings (SSSR count). The molecule has 0 saturated carbocycles. The first-order valence-electron chi connectivity index (χ1n) is 8.11. The van der Waals surface area contributed by atoms with Crippen molar-refractivity contribution in [1.29, 1.82) is 0 Å². The van der Waals surface area contributed by atoms with E-state index in [2.05, 4.69) is 5.32 Å². The first-order valence-corrected chi connectivity index (χ1v) is 8.11. The molecule has 0 saturated heterocycles. The monoisotopic (exact) mass is 354 g/mol. The van der Waals surface area contributed by atoms with Gasteiger partial charge in [-0.05, 0) is 36.8 Å². The fraction of sp³-hybridized carbons (Fsp3) is 0.211. The highest BCUT2D eigenvalue weighted by molar-refractivity contribution is 6.03. The Balaban J connectivity index is 1.67. The van der Waals surface area contributed by atoms with Gasteiger partial charge in [-0.3, -0.25) is 14.5 Å². The molecule has 2 N–H and O–H groups in total. The number of anilines is 1. The molecule has 0 bridgehead atoms. The zero-order valence-electron chi connectivity index (χ0n) is 14.1. The van der Waals surface area contributed by atoms with Crippen molar-refractivity contribution in [3.63, 3.8) is 0 Å². The summed E-state index contributed by atoms with van der Waals surface area (Å²) in [5.41, 5.74) is 1.38. The highest BCUT2D eigenvalue weighted by Gasteiger charge is 2.32. The Hall–Kier alpha value is -3.35. The lowest BCUT2D eigenvalue weighted by Gasteiger charge is -2.32. The molecular formula is C19H18N2O5. The lowest BCUT2D eigenvalue weighted by molar-refractivity contribution is -0.128. The summed E-state index contributed by atoms with van der Waals surface area (Å²) in [5, 5.41) is 11.7. The number of para-hydroxylation sites is 2. The molecule has 2 amide bonds. The van der Waals surface area contributed by atoms with Gasteiger partial charge in [0.15, 0.2) is 6.10 Å². The van der Waals surface area contributed by atoms with Gasteiger partial charge in [-0.15, -0.1) is 0 Å². The molecule has 0 aromatic heterocycles. The van der Waals surface area contributed by atoms with Crippen LogP contribution in [0, 0.1) is 0 Å². The van der Waals surface area contributed by atoms with Crippen LogP contribution in [-0.4, -0.2) is 35.5 Å². The first-order chi connectivity index (χ1) is 12.5. The summed E-state index contributed by atoms with van der Waals surface area (Å²) < 4.78 is 5.54. The maximum atomic E-state index is 12.4. The van der Waals surface area contributed by atoms with Crippen LogP contribution >= 0.6 is 0 Å². The number of rotatable bonds is 5. The van der Waals surface area contributed by atoms with Crippen molar-refractivity contribution in [3.8, 4) is 5.75 Å². The van der Waals surface area contributed by atoms with Gasteiger partial charge in [-0.2, -0.15) is 0 Å². The molecule has 1 aliphatic heterocycles. The summed E-state index contributed by atoms with van der Waals surface area (Å²) in [7, 11) is 0. The lowest BCUT2D eigenvalue weighted by Crippen LogP contribution is -2.48. The Bertz CT molecular complexity index is 865. The van der Waals surface area contributed by atoms with Crippen LogP contribution in [0.4, 0.5) is 5.69 Å². The topological polar surface area (TPSA) is 95.9 Å². The van der Waals surface area contributed by atoms with Gasteiger partial charge in [0, 0.05) is 6.54 Å². The second-order valence-corrected chi connectivity index (χ2v) is 5.93. The lowest BCUT2D eigenvalue weighted by atomic mass is 10.1. The molecule has 1 heterocycles. The van der Waals surface area contributed by atoms with Crippen molar-refractivity contribution >= 4 is 23.5 Å². The number of aromatic carboxylic acids is 1. The third kappa shape index (κ3) is 3.66. The Kier molecular flexibility index (Phi) is 4.88. The molecular weight excluding hydrogens is 336 g/mol. The molecule has 0 radical (unpaired) electrons. The van der Waals surface area contributed by atoms with Crippen LogP contribution in [0.5, 0.6) is 5.75 Å². The Labute approximate surface area is 150 Å². The minimum absolute atomic E-state index is 0.137. The van der Waals surface area contributed by atoms with Gasteiger partial charge in [0.2, 0.25) is 5.91 Å². The quantitative estimate of drug-likeness (QED) is 0.854. The standard InChI is InChI=1S/C19H18N2O5/c1-12-18(23)21(15-7-2-3-8-16(15)26-12)11-17(22)20-10-13-5-4-6-14(9-13)19(24)25/h2-9,12H,10-11H2,1H3,(H,20,22)(H,24,25)/t12-/m0/s1. The minimum atomic E-state index is -1.03. The number of carbonyl (C=O) groups excluding carboxylic acids is 2. The van der Waals surface area contributed by atoms with Crippen LogP contribution in [0.1, 0.15) is 22.8 Å². The Morgan fingerprint density at radius 3 is 2.73 bits per heavy atom. The van der Waals surface area contributed by atoms with Gasteiger partial charge in [0.25, 0.3) is 5.91 Å². The van der Waals surface area contributed by atoms with E-state index >= 15 is 0 Å². The van der Waals surface area contributed by atoms with Gasteiger partial charge in [0.1, 0.15) is 12.3 Å². The summed E-state index contributed by atoms with van der Waals surface area (Å²) in [5.74, 6) is -1.10. The van der Waals surface area contributed by atoms with Crippen molar-refractivity contribution in [1.82, 2.24) is 5.32 Å². The number of nitrogens with one attached hydrogen (secondary N) is 1. The molecule has 26 heavy (non-hydrogen) atoms.